The molecule has 0 bridgehead atoms. The van der Waals surface area contributed by atoms with Crippen LogP contribution >= 0.6 is 0 Å². The first kappa shape index (κ1) is 9.59. The summed E-state index contributed by atoms with van der Waals surface area (Å²) in [4.78, 5) is 0. The van der Waals surface area contributed by atoms with Gasteiger partial charge in [0.05, 0.1) is 0 Å². The molecule has 0 saturated heterocycles. The van der Waals surface area contributed by atoms with Crippen LogP contribution in [0.4, 0.5) is 0 Å². The van der Waals surface area contributed by atoms with Crippen molar-refractivity contribution in [1.29, 1.82) is 0 Å². The molecule has 2 heteroatoms. The fraction of sp³-hybridized carbons (Fsp3) is 0.429. The lowest BCUT2D eigenvalue weighted by Crippen LogP contribution is -2.18. The Hall–Kier alpha value is -1.62. The molecule has 0 aromatic heterocycles. The van der Waals surface area contributed by atoms with Crippen molar-refractivity contribution < 1.29 is 9.47 Å². The van der Waals surface area contributed by atoms with Gasteiger partial charge in [-0.2, -0.15) is 0 Å². The number of hydrogen-bond donors (Lipinski definition) is 0. The number of rotatable bonds is 1. The molecule has 0 N–H and O–H groups in total. The Morgan fingerprint density at radius 2 is 2.19 bits per heavy atom. The summed E-state index contributed by atoms with van der Waals surface area (Å²) in [5.41, 5.74) is 2.79. The summed E-state index contributed by atoms with van der Waals surface area (Å²) in [5, 5.41) is 0. The van der Waals surface area contributed by atoms with Gasteiger partial charge < -0.3 is 9.47 Å². The average Bonchev–Trinajstić information content (AvgIpc) is 2.87. The molecule has 0 radical (unpaired) electrons. The van der Waals surface area contributed by atoms with Gasteiger partial charge >= 0.3 is 0 Å². The highest BCUT2D eigenvalue weighted by molar-refractivity contribution is 5.40. The van der Waals surface area contributed by atoms with Gasteiger partial charge in [-0.15, -0.1) is 0 Å². The van der Waals surface area contributed by atoms with Crippen molar-refractivity contribution in [3.63, 3.8) is 0 Å². The lowest BCUT2D eigenvalue weighted by molar-refractivity contribution is 0.0651. The predicted molar refractivity (Wildman–Crippen MR) is 61.0 cm³/mol. The van der Waals surface area contributed by atoms with Crippen LogP contribution in [0.2, 0.25) is 0 Å². The van der Waals surface area contributed by atoms with Crippen LogP contribution in [0.1, 0.15) is 20.3 Å². The van der Waals surface area contributed by atoms with E-state index in [0.717, 1.165) is 17.9 Å². The Bertz CT molecular complexity index is 483. The Labute approximate surface area is 95.6 Å². The summed E-state index contributed by atoms with van der Waals surface area (Å²) < 4.78 is 10.9. The van der Waals surface area contributed by atoms with Crippen LogP contribution in [0.15, 0.2) is 34.8 Å². The molecule has 0 spiro atoms. The van der Waals surface area contributed by atoms with Gasteiger partial charge in [0.1, 0.15) is 0 Å². The molecule has 2 unspecified atom stereocenters. The van der Waals surface area contributed by atoms with E-state index >= 15 is 0 Å². The Kier molecular flexibility index (Phi) is 2.07. The van der Waals surface area contributed by atoms with Gasteiger partial charge in [0.25, 0.3) is 0 Å². The van der Waals surface area contributed by atoms with Gasteiger partial charge in [-0.05, 0) is 19.8 Å². The van der Waals surface area contributed by atoms with E-state index in [4.69, 9.17) is 9.47 Å². The van der Waals surface area contributed by atoms with Crippen LogP contribution in [0.25, 0.3) is 0 Å². The van der Waals surface area contributed by atoms with Gasteiger partial charge in [-0.3, -0.25) is 0 Å². The second-order valence-corrected chi connectivity index (χ2v) is 4.46. The molecule has 1 aliphatic heterocycles. The minimum absolute atomic E-state index is 0.327. The van der Waals surface area contributed by atoms with E-state index in [2.05, 4.69) is 37.8 Å². The molecular weight excluding hydrogens is 200 g/mol. The SMILES string of the molecule is CC1=C(C)C(C2CC#CC3=C2OCO3)C=C1. The topological polar surface area (TPSA) is 18.5 Å². The molecule has 2 atom stereocenters. The lowest BCUT2D eigenvalue weighted by atomic mass is 9.82. The average molecular weight is 214 g/mol. The molecule has 82 valence electrons. The van der Waals surface area contributed by atoms with Crippen molar-refractivity contribution in [2.45, 2.75) is 20.3 Å². The zero-order valence-corrected chi connectivity index (χ0v) is 9.54. The predicted octanol–water partition coefficient (Wildman–Crippen LogP) is 2.75. The van der Waals surface area contributed by atoms with Crippen molar-refractivity contribution in [2.75, 3.05) is 6.79 Å². The van der Waals surface area contributed by atoms with E-state index in [-0.39, 0.29) is 0 Å². The quantitative estimate of drug-likeness (QED) is 0.625. The Balaban J connectivity index is 1.94. The molecule has 1 heterocycles. The van der Waals surface area contributed by atoms with E-state index in [0.29, 0.717) is 18.6 Å². The number of ether oxygens (including phenoxy) is 2. The van der Waals surface area contributed by atoms with E-state index < -0.39 is 0 Å². The van der Waals surface area contributed by atoms with Crippen molar-refractivity contribution in [2.24, 2.45) is 11.8 Å². The normalized spacial score (nSPS) is 30.9. The fourth-order valence-electron chi connectivity index (χ4n) is 2.51. The number of hydrogen-bond acceptors (Lipinski definition) is 2. The molecule has 2 nitrogen and oxygen atoms in total. The standard InChI is InChI=1S/C14H14O2/c1-9-6-7-11(10(9)2)12-4-3-5-13-14(12)16-8-15-13/h6-7,11-12H,4,8H2,1-2H3. The van der Waals surface area contributed by atoms with Gasteiger partial charge in [0.15, 0.2) is 5.76 Å². The summed E-state index contributed by atoms with van der Waals surface area (Å²) in [6.45, 7) is 4.67. The highest BCUT2D eigenvalue weighted by Gasteiger charge is 2.34. The molecule has 2 aliphatic carbocycles. The molecule has 0 amide bonds. The minimum atomic E-state index is 0.327. The zero-order chi connectivity index (χ0) is 11.1. The van der Waals surface area contributed by atoms with Gasteiger partial charge in [0.2, 0.25) is 12.6 Å². The first-order valence-electron chi connectivity index (χ1n) is 5.61. The molecular formula is C14H14O2. The van der Waals surface area contributed by atoms with Gasteiger partial charge in [-0.1, -0.05) is 29.2 Å². The third-order valence-electron chi connectivity index (χ3n) is 3.61. The largest absolute Gasteiger partial charge is 0.457 e. The summed E-state index contributed by atoms with van der Waals surface area (Å²) in [5.74, 6) is 8.64. The van der Waals surface area contributed by atoms with Crippen molar-refractivity contribution in [3.8, 4) is 11.8 Å². The summed E-state index contributed by atoms with van der Waals surface area (Å²) >= 11 is 0. The van der Waals surface area contributed by atoms with Crippen LogP contribution in [0, 0.1) is 23.7 Å². The highest BCUT2D eigenvalue weighted by atomic mass is 16.7. The smallest absolute Gasteiger partial charge is 0.231 e. The van der Waals surface area contributed by atoms with E-state index in [1.54, 1.807) is 0 Å². The molecule has 0 aromatic carbocycles. The van der Waals surface area contributed by atoms with Crippen molar-refractivity contribution in [1.82, 2.24) is 0 Å². The fourth-order valence-corrected chi connectivity index (χ4v) is 2.51. The van der Waals surface area contributed by atoms with Gasteiger partial charge in [-0.25, -0.2) is 0 Å². The van der Waals surface area contributed by atoms with E-state index in [1.165, 1.54) is 11.1 Å². The summed E-state index contributed by atoms with van der Waals surface area (Å²) in [6, 6.07) is 0. The van der Waals surface area contributed by atoms with Crippen molar-refractivity contribution in [3.05, 3.63) is 34.8 Å². The first-order chi connectivity index (χ1) is 7.77. The van der Waals surface area contributed by atoms with Crippen LogP contribution in [-0.4, -0.2) is 6.79 Å². The minimum Gasteiger partial charge on any atom is -0.457 e. The monoisotopic (exact) mass is 214 g/mol. The third kappa shape index (κ3) is 1.28. The second kappa shape index (κ2) is 3.45. The lowest BCUT2D eigenvalue weighted by Gasteiger charge is -2.23. The Morgan fingerprint density at radius 3 is 2.94 bits per heavy atom. The first-order valence-corrected chi connectivity index (χ1v) is 5.61. The molecule has 0 fully saturated rings. The van der Waals surface area contributed by atoms with Gasteiger partial charge in [0, 0.05) is 18.3 Å². The molecule has 0 saturated carbocycles. The van der Waals surface area contributed by atoms with E-state index in [1.807, 2.05) is 0 Å². The Morgan fingerprint density at radius 1 is 1.31 bits per heavy atom. The summed E-state index contributed by atoms with van der Waals surface area (Å²) in [6.07, 6.45) is 5.31. The second-order valence-electron chi connectivity index (χ2n) is 4.46. The van der Waals surface area contributed by atoms with Crippen LogP contribution in [-0.2, 0) is 9.47 Å². The highest BCUT2D eigenvalue weighted by Crippen LogP contribution is 2.40. The van der Waals surface area contributed by atoms with Crippen LogP contribution in [0.3, 0.4) is 0 Å². The van der Waals surface area contributed by atoms with Crippen molar-refractivity contribution >= 4 is 0 Å². The molecule has 0 aromatic rings. The maximum Gasteiger partial charge on any atom is 0.231 e. The number of allylic oxidation sites excluding steroid dienone is 6. The zero-order valence-electron chi connectivity index (χ0n) is 9.54. The maximum absolute atomic E-state index is 5.56. The molecule has 16 heavy (non-hydrogen) atoms. The van der Waals surface area contributed by atoms with Crippen LogP contribution in [0.5, 0.6) is 0 Å². The molecule has 3 aliphatic rings. The molecule has 3 rings (SSSR count). The van der Waals surface area contributed by atoms with E-state index in [9.17, 15) is 0 Å². The van der Waals surface area contributed by atoms with Crippen LogP contribution < -0.4 is 0 Å². The summed E-state index contributed by atoms with van der Waals surface area (Å²) in [7, 11) is 0. The maximum atomic E-state index is 5.56. The third-order valence-corrected chi connectivity index (χ3v) is 3.61.